The minimum atomic E-state index is -0.844. The Morgan fingerprint density at radius 3 is 2.86 bits per heavy atom. The molecule has 2 saturated heterocycles. The molecule has 1 unspecified atom stereocenters. The molecule has 0 bridgehead atoms. The van der Waals surface area contributed by atoms with Gasteiger partial charge < -0.3 is 10.2 Å². The molecule has 0 aromatic rings. The van der Waals surface area contributed by atoms with Crippen molar-refractivity contribution in [1.82, 2.24) is 10.2 Å². The molecule has 0 aromatic carbocycles. The minimum Gasteiger partial charge on any atom is -0.341 e. The van der Waals surface area contributed by atoms with E-state index in [4.69, 9.17) is 0 Å². The maximum Gasteiger partial charge on any atom is 0.239 e. The summed E-state index contributed by atoms with van der Waals surface area (Å²) in [5.41, 5.74) is 0. The van der Waals surface area contributed by atoms with Gasteiger partial charge in [-0.15, -0.1) is 0 Å². The molecular weight excluding hydrogens is 183 g/mol. The molecule has 0 spiro atoms. The number of hydrogen-bond donors (Lipinski definition) is 1. The van der Waals surface area contributed by atoms with Crippen LogP contribution in [0.3, 0.4) is 0 Å². The SMILES string of the molecule is CC1CCN(C(=O)[C@H]2C[C@H](F)CN2)C1. The molecule has 2 heterocycles. The summed E-state index contributed by atoms with van der Waals surface area (Å²) in [6.45, 7) is 4.16. The third-order valence-corrected chi connectivity index (χ3v) is 3.11. The van der Waals surface area contributed by atoms with Gasteiger partial charge in [0.2, 0.25) is 5.91 Å². The smallest absolute Gasteiger partial charge is 0.239 e. The normalized spacial score (nSPS) is 37.9. The van der Waals surface area contributed by atoms with Crippen molar-refractivity contribution < 1.29 is 9.18 Å². The van der Waals surface area contributed by atoms with E-state index < -0.39 is 6.17 Å². The van der Waals surface area contributed by atoms with Gasteiger partial charge in [0.15, 0.2) is 0 Å². The third kappa shape index (κ3) is 1.90. The van der Waals surface area contributed by atoms with Crippen LogP contribution in [0.25, 0.3) is 0 Å². The lowest BCUT2D eigenvalue weighted by molar-refractivity contribution is -0.132. The van der Waals surface area contributed by atoms with E-state index in [0.29, 0.717) is 18.9 Å². The highest BCUT2D eigenvalue weighted by Crippen LogP contribution is 2.19. The maximum absolute atomic E-state index is 12.9. The number of alkyl halides is 1. The van der Waals surface area contributed by atoms with Crippen molar-refractivity contribution in [2.45, 2.75) is 32.0 Å². The predicted octanol–water partition coefficient (Wildman–Crippen LogP) is 0.555. The summed E-state index contributed by atoms with van der Waals surface area (Å²) in [5.74, 6) is 0.691. The van der Waals surface area contributed by atoms with Crippen molar-refractivity contribution in [3.63, 3.8) is 0 Å². The molecule has 2 fully saturated rings. The summed E-state index contributed by atoms with van der Waals surface area (Å²) in [5, 5.41) is 2.93. The molecule has 1 N–H and O–H groups in total. The number of nitrogens with zero attached hydrogens (tertiary/aromatic N) is 1. The maximum atomic E-state index is 12.9. The van der Waals surface area contributed by atoms with Gasteiger partial charge >= 0.3 is 0 Å². The average molecular weight is 200 g/mol. The van der Waals surface area contributed by atoms with Gasteiger partial charge in [-0.3, -0.25) is 4.79 Å². The number of halogens is 1. The lowest BCUT2D eigenvalue weighted by atomic mass is 10.2. The number of nitrogens with one attached hydrogen (secondary N) is 1. The van der Waals surface area contributed by atoms with E-state index in [1.165, 1.54) is 0 Å². The van der Waals surface area contributed by atoms with Crippen LogP contribution in [0.1, 0.15) is 19.8 Å². The summed E-state index contributed by atoms with van der Waals surface area (Å²) in [4.78, 5) is 13.7. The summed E-state index contributed by atoms with van der Waals surface area (Å²) in [6, 6.07) is -0.268. The molecule has 2 aliphatic heterocycles. The summed E-state index contributed by atoms with van der Waals surface area (Å²) in [6.07, 6.45) is 0.588. The van der Waals surface area contributed by atoms with Crippen molar-refractivity contribution in [3.05, 3.63) is 0 Å². The van der Waals surface area contributed by atoms with Crippen LogP contribution in [-0.2, 0) is 4.79 Å². The predicted molar refractivity (Wildman–Crippen MR) is 51.7 cm³/mol. The molecule has 0 aromatic heterocycles. The van der Waals surface area contributed by atoms with Crippen LogP contribution in [-0.4, -0.2) is 42.7 Å². The fraction of sp³-hybridized carbons (Fsp3) is 0.900. The molecule has 0 radical (unpaired) electrons. The van der Waals surface area contributed by atoms with E-state index >= 15 is 0 Å². The Hall–Kier alpha value is -0.640. The van der Waals surface area contributed by atoms with Gasteiger partial charge in [0.25, 0.3) is 0 Å². The van der Waals surface area contributed by atoms with Crippen LogP contribution in [0.15, 0.2) is 0 Å². The largest absolute Gasteiger partial charge is 0.341 e. The first-order chi connectivity index (χ1) is 6.66. The van der Waals surface area contributed by atoms with Crippen molar-refractivity contribution >= 4 is 5.91 Å². The Morgan fingerprint density at radius 1 is 1.57 bits per heavy atom. The van der Waals surface area contributed by atoms with Gasteiger partial charge in [0.1, 0.15) is 6.17 Å². The minimum absolute atomic E-state index is 0.0921. The molecule has 4 heteroatoms. The van der Waals surface area contributed by atoms with Crippen molar-refractivity contribution in [2.24, 2.45) is 5.92 Å². The van der Waals surface area contributed by atoms with Crippen molar-refractivity contribution in [3.8, 4) is 0 Å². The molecule has 14 heavy (non-hydrogen) atoms. The lowest BCUT2D eigenvalue weighted by Gasteiger charge is -2.20. The molecule has 80 valence electrons. The number of rotatable bonds is 1. The van der Waals surface area contributed by atoms with Crippen molar-refractivity contribution in [1.29, 1.82) is 0 Å². The van der Waals surface area contributed by atoms with Crippen LogP contribution in [0.2, 0.25) is 0 Å². The van der Waals surface area contributed by atoms with E-state index in [-0.39, 0.29) is 11.9 Å². The van der Waals surface area contributed by atoms with E-state index in [1.807, 2.05) is 4.90 Å². The highest BCUT2D eigenvalue weighted by atomic mass is 19.1. The Labute approximate surface area is 83.6 Å². The summed E-state index contributed by atoms with van der Waals surface area (Å²) >= 11 is 0. The lowest BCUT2D eigenvalue weighted by Crippen LogP contribution is -2.42. The highest BCUT2D eigenvalue weighted by molar-refractivity contribution is 5.82. The van der Waals surface area contributed by atoms with E-state index in [2.05, 4.69) is 12.2 Å². The van der Waals surface area contributed by atoms with E-state index in [9.17, 15) is 9.18 Å². The molecular formula is C10H17FN2O. The van der Waals surface area contributed by atoms with Gasteiger partial charge in [-0.1, -0.05) is 6.92 Å². The van der Waals surface area contributed by atoms with Gasteiger partial charge in [0.05, 0.1) is 6.04 Å². The zero-order valence-corrected chi connectivity index (χ0v) is 8.50. The average Bonchev–Trinajstić information content (AvgIpc) is 2.73. The summed E-state index contributed by atoms with van der Waals surface area (Å²) in [7, 11) is 0. The second-order valence-electron chi connectivity index (χ2n) is 4.47. The number of likely N-dealkylation sites (tertiary alicyclic amines) is 1. The first kappa shape index (κ1) is 9.90. The second-order valence-corrected chi connectivity index (χ2v) is 4.47. The number of carbonyl (C=O) groups excluding carboxylic acids is 1. The summed E-state index contributed by atoms with van der Waals surface area (Å²) < 4.78 is 12.9. The molecule has 2 aliphatic rings. The Bertz CT molecular complexity index is 212. The van der Waals surface area contributed by atoms with Gasteiger partial charge in [-0.2, -0.15) is 0 Å². The van der Waals surface area contributed by atoms with Crippen LogP contribution in [0.5, 0.6) is 0 Å². The molecule has 1 amide bonds. The highest BCUT2D eigenvalue weighted by Gasteiger charge is 2.34. The van der Waals surface area contributed by atoms with Crippen LogP contribution in [0.4, 0.5) is 4.39 Å². The number of amides is 1. The third-order valence-electron chi connectivity index (χ3n) is 3.11. The first-order valence-corrected chi connectivity index (χ1v) is 5.33. The van der Waals surface area contributed by atoms with Crippen LogP contribution < -0.4 is 5.32 Å². The standard InChI is InChI=1S/C10H17FN2O/c1-7-2-3-13(6-7)10(14)9-4-8(11)5-12-9/h7-9,12H,2-6H2,1H3/t7?,8-,9+/m0/s1. The fourth-order valence-corrected chi connectivity index (χ4v) is 2.24. The quantitative estimate of drug-likeness (QED) is 0.670. The number of carbonyl (C=O) groups is 1. The van der Waals surface area contributed by atoms with Gasteiger partial charge in [-0.25, -0.2) is 4.39 Å². The Balaban J connectivity index is 1.89. The number of hydrogen-bond acceptors (Lipinski definition) is 2. The van der Waals surface area contributed by atoms with Crippen LogP contribution in [0, 0.1) is 5.92 Å². The molecule has 0 aliphatic carbocycles. The second kappa shape index (κ2) is 3.85. The van der Waals surface area contributed by atoms with Crippen molar-refractivity contribution in [2.75, 3.05) is 19.6 Å². The van der Waals surface area contributed by atoms with Gasteiger partial charge in [-0.05, 0) is 12.3 Å². The molecule has 0 saturated carbocycles. The van der Waals surface area contributed by atoms with E-state index in [0.717, 1.165) is 19.5 Å². The molecule has 3 nitrogen and oxygen atoms in total. The monoisotopic (exact) mass is 200 g/mol. The topological polar surface area (TPSA) is 32.3 Å². The molecule has 2 rings (SSSR count). The Kier molecular flexibility index (Phi) is 2.72. The molecule has 3 atom stereocenters. The zero-order chi connectivity index (χ0) is 10.1. The van der Waals surface area contributed by atoms with E-state index in [1.54, 1.807) is 0 Å². The first-order valence-electron chi connectivity index (χ1n) is 5.33. The Morgan fingerprint density at radius 2 is 2.36 bits per heavy atom. The van der Waals surface area contributed by atoms with Crippen LogP contribution >= 0.6 is 0 Å². The zero-order valence-electron chi connectivity index (χ0n) is 8.50. The van der Waals surface area contributed by atoms with Gasteiger partial charge in [0, 0.05) is 26.1 Å². The fourth-order valence-electron chi connectivity index (χ4n) is 2.24.